The van der Waals surface area contributed by atoms with Crippen LogP contribution in [-0.4, -0.2) is 49.9 Å². The molecule has 4 rings (SSSR count). The minimum Gasteiger partial charge on any atom is -0.493 e. The molecule has 1 heterocycles. The summed E-state index contributed by atoms with van der Waals surface area (Å²) in [5, 5.41) is 19.6. The predicted octanol–water partition coefficient (Wildman–Crippen LogP) is 2.25. The highest BCUT2D eigenvalue weighted by Crippen LogP contribution is 2.40. The van der Waals surface area contributed by atoms with E-state index in [1.165, 1.54) is 19.1 Å². The third-order valence-electron chi connectivity index (χ3n) is 5.55. The van der Waals surface area contributed by atoms with Gasteiger partial charge < -0.3 is 19.7 Å². The van der Waals surface area contributed by atoms with Crippen LogP contribution in [0.15, 0.2) is 54.6 Å². The second kappa shape index (κ2) is 9.68. The zero-order valence-corrected chi connectivity index (χ0v) is 19.7. The molecule has 9 nitrogen and oxygen atoms in total. The molecule has 1 aliphatic heterocycles. The Hall–Kier alpha value is -3.41. The van der Waals surface area contributed by atoms with E-state index in [1.807, 2.05) is 35.1 Å². The lowest BCUT2D eigenvalue weighted by Gasteiger charge is -2.22. The molecule has 1 atom stereocenters. The van der Waals surface area contributed by atoms with Crippen molar-refractivity contribution in [3.05, 3.63) is 66.0 Å². The molecule has 186 valence electrons. The average Bonchev–Trinajstić information content (AvgIpc) is 3.10. The molecule has 3 aromatic rings. The van der Waals surface area contributed by atoms with Gasteiger partial charge in [0.1, 0.15) is 30.3 Å². The number of hydrogen-bond acceptors (Lipinski definition) is 7. The Morgan fingerprint density at radius 1 is 1.14 bits per heavy atom. The minimum absolute atomic E-state index is 0.0356. The number of benzene rings is 3. The van der Waals surface area contributed by atoms with Crippen LogP contribution < -0.4 is 18.5 Å². The lowest BCUT2D eigenvalue weighted by molar-refractivity contribution is -0.117. The number of nitrogens with one attached hydrogen (secondary N) is 1. The van der Waals surface area contributed by atoms with Crippen molar-refractivity contribution in [1.82, 2.24) is 4.72 Å². The number of hydrogen-bond donors (Lipinski definition) is 3. The van der Waals surface area contributed by atoms with Gasteiger partial charge in [0.25, 0.3) is 5.91 Å². The summed E-state index contributed by atoms with van der Waals surface area (Å²) in [6.07, 6.45) is 0.140. The van der Waals surface area contributed by atoms with E-state index >= 15 is 4.39 Å². The van der Waals surface area contributed by atoms with Crippen LogP contribution in [0.4, 0.5) is 10.1 Å². The van der Waals surface area contributed by atoms with Crippen LogP contribution >= 0.6 is 0 Å². The minimum atomic E-state index is -4.30. The van der Waals surface area contributed by atoms with E-state index in [2.05, 4.69) is 0 Å². The maximum Gasteiger partial charge on any atom is 0.326 e. The predicted molar refractivity (Wildman–Crippen MR) is 127 cm³/mol. The first kappa shape index (κ1) is 24.7. The SMILES string of the molecule is CC(O)(CO)CCOc1ccc2cc(OCc3ccccc3)c(N3CC(=O)NS3(=O)=O)c(F)c2c1. The van der Waals surface area contributed by atoms with Gasteiger partial charge in [0.2, 0.25) is 0 Å². The van der Waals surface area contributed by atoms with Crippen LogP contribution in [0.3, 0.4) is 0 Å². The maximum absolute atomic E-state index is 15.9. The molecule has 0 spiro atoms. The Labute approximate surface area is 201 Å². The summed E-state index contributed by atoms with van der Waals surface area (Å²) >= 11 is 0. The third-order valence-corrected chi connectivity index (χ3v) is 6.92. The molecule has 0 aromatic heterocycles. The van der Waals surface area contributed by atoms with Gasteiger partial charge in [0.15, 0.2) is 5.82 Å². The lowest BCUT2D eigenvalue weighted by atomic mass is 10.1. The molecule has 3 aromatic carbocycles. The molecule has 1 unspecified atom stereocenters. The Bertz CT molecular complexity index is 1350. The number of carbonyl (C=O) groups is 1. The van der Waals surface area contributed by atoms with Crippen LogP contribution in [0.1, 0.15) is 18.9 Å². The highest BCUT2D eigenvalue weighted by atomic mass is 32.2. The summed E-state index contributed by atoms with van der Waals surface area (Å²) in [5.74, 6) is -1.43. The largest absolute Gasteiger partial charge is 0.493 e. The number of fused-ring (bicyclic) bond motifs is 1. The molecule has 0 saturated carbocycles. The van der Waals surface area contributed by atoms with Crippen molar-refractivity contribution in [2.75, 3.05) is 24.1 Å². The molecule has 35 heavy (non-hydrogen) atoms. The van der Waals surface area contributed by atoms with Crippen LogP contribution in [0.25, 0.3) is 10.8 Å². The van der Waals surface area contributed by atoms with Crippen molar-refractivity contribution in [1.29, 1.82) is 0 Å². The van der Waals surface area contributed by atoms with Gasteiger partial charge in [-0.3, -0.25) is 4.79 Å². The van der Waals surface area contributed by atoms with Crippen LogP contribution in [-0.2, 0) is 21.6 Å². The standard InChI is InChI=1S/C24H25FN2O7S/c1-24(30,15-28)9-10-33-18-8-7-17-11-20(34-14-16-5-3-2-4-6-16)23(22(25)19(17)12-18)27-13-21(29)26-35(27,31)32/h2-8,11-12,28,30H,9-10,13-15H2,1H3,(H,26,29). The van der Waals surface area contributed by atoms with Gasteiger partial charge in [-0.25, -0.2) is 13.4 Å². The number of anilines is 1. The molecular weight excluding hydrogens is 479 g/mol. The number of carbonyl (C=O) groups excluding carboxylic acids is 1. The number of rotatable bonds is 9. The lowest BCUT2D eigenvalue weighted by Crippen LogP contribution is -2.31. The number of ether oxygens (including phenoxy) is 2. The Morgan fingerprint density at radius 2 is 1.89 bits per heavy atom. The van der Waals surface area contributed by atoms with Gasteiger partial charge >= 0.3 is 10.2 Å². The molecule has 1 amide bonds. The molecule has 1 aliphatic rings. The van der Waals surface area contributed by atoms with Gasteiger partial charge in [0, 0.05) is 11.8 Å². The number of nitrogens with zero attached hydrogens (tertiary/aromatic N) is 1. The quantitative estimate of drug-likeness (QED) is 0.408. The van der Waals surface area contributed by atoms with Crippen molar-refractivity contribution in [2.45, 2.75) is 25.6 Å². The first-order valence-electron chi connectivity index (χ1n) is 10.8. The number of aliphatic hydroxyl groups excluding tert-OH is 1. The van der Waals surface area contributed by atoms with Crippen molar-refractivity contribution in [3.63, 3.8) is 0 Å². The van der Waals surface area contributed by atoms with E-state index in [0.29, 0.717) is 9.69 Å². The van der Waals surface area contributed by atoms with Crippen LogP contribution in [0.2, 0.25) is 0 Å². The topological polar surface area (TPSA) is 125 Å². The second-order valence-corrected chi connectivity index (χ2v) is 10.1. The van der Waals surface area contributed by atoms with Gasteiger partial charge in [0.05, 0.1) is 18.8 Å². The van der Waals surface area contributed by atoms with Crippen molar-refractivity contribution in [2.24, 2.45) is 0 Å². The molecule has 1 saturated heterocycles. The smallest absolute Gasteiger partial charge is 0.326 e. The Balaban J connectivity index is 1.72. The maximum atomic E-state index is 15.9. The van der Waals surface area contributed by atoms with Crippen LogP contribution in [0, 0.1) is 5.82 Å². The Morgan fingerprint density at radius 3 is 2.54 bits per heavy atom. The fourth-order valence-electron chi connectivity index (χ4n) is 3.58. The summed E-state index contributed by atoms with van der Waals surface area (Å²) in [6.45, 7) is 0.560. The molecule has 1 fully saturated rings. The van der Waals surface area contributed by atoms with Gasteiger partial charge in [-0.1, -0.05) is 36.4 Å². The second-order valence-electron chi connectivity index (χ2n) is 8.48. The monoisotopic (exact) mass is 504 g/mol. The normalized spacial score (nSPS) is 16.7. The van der Waals surface area contributed by atoms with Crippen LogP contribution in [0.5, 0.6) is 11.5 Å². The third kappa shape index (κ3) is 5.47. The van der Waals surface area contributed by atoms with Crippen molar-refractivity contribution in [3.8, 4) is 11.5 Å². The highest BCUT2D eigenvalue weighted by molar-refractivity contribution is 7.92. The van der Waals surface area contributed by atoms with Crippen molar-refractivity contribution >= 4 is 32.6 Å². The van der Waals surface area contributed by atoms with E-state index in [4.69, 9.17) is 14.6 Å². The summed E-state index contributed by atoms with van der Waals surface area (Å²) in [6, 6.07) is 15.2. The Kier molecular flexibility index (Phi) is 6.84. The van der Waals surface area contributed by atoms with E-state index in [0.717, 1.165) is 5.56 Å². The number of amides is 1. The fraction of sp³-hybridized carbons (Fsp3) is 0.292. The summed E-state index contributed by atoms with van der Waals surface area (Å²) < 4.78 is 54.8. The van der Waals surface area contributed by atoms with Gasteiger partial charge in [-0.15, -0.1) is 0 Å². The zero-order chi connectivity index (χ0) is 25.2. The van der Waals surface area contributed by atoms with Gasteiger partial charge in [-0.2, -0.15) is 8.42 Å². The first-order valence-corrected chi connectivity index (χ1v) is 12.3. The summed E-state index contributed by atoms with van der Waals surface area (Å²) in [7, 11) is -4.30. The zero-order valence-electron chi connectivity index (χ0n) is 18.9. The van der Waals surface area contributed by atoms with E-state index in [-0.39, 0.29) is 42.2 Å². The molecule has 0 radical (unpaired) electrons. The molecule has 11 heteroatoms. The average molecular weight is 505 g/mol. The summed E-state index contributed by atoms with van der Waals surface area (Å²) in [5.41, 5.74) is -0.906. The van der Waals surface area contributed by atoms with Crippen molar-refractivity contribution < 1.29 is 37.3 Å². The number of aliphatic hydroxyl groups is 2. The molecule has 0 bridgehead atoms. The van der Waals surface area contributed by atoms with E-state index in [1.54, 1.807) is 12.1 Å². The number of halogens is 1. The van der Waals surface area contributed by atoms with Gasteiger partial charge in [-0.05, 0) is 36.1 Å². The molecule has 3 N–H and O–H groups in total. The van der Waals surface area contributed by atoms with E-state index in [9.17, 15) is 18.3 Å². The molecule has 0 aliphatic carbocycles. The first-order chi connectivity index (χ1) is 16.6. The molecular formula is C24H25FN2O7S. The fourth-order valence-corrected chi connectivity index (χ4v) is 4.74. The van der Waals surface area contributed by atoms with E-state index < -0.39 is 40.7 Å². The highest BCUT2D eigenvalue weighted by Gasteiger charge is 2.38. The summed E-state index contributed by atoms with van der Waals surface area (Å²) in [4.78, 5) is 11.8.